The lowest BCUT2D eigenvalue weighted by Gasteiger charge is -2.10. The van der Waals surface area contributed by atoms with Gasteiger partial charge in [0.25, 0.3) is 10.0 Å². The number of aromatic amines is 1. The van der Waals surface area contributed by atoms with Crippen molar-refractivity contribution in [1.82, 2.24) is 9.97 Å². The van der Waals surface area contributed by atoms with E-state index in [9.17, 15) is 8.42 Å². The molecule has 0 saturated carbocycles. The fraction of sp³-hybridized carbons (Fsp3) is 0.111. The van der Waals surface area contributed by atoms with E-state index in [-0.39, 0.29) is 22.9 Å². The van der Waals surface area contributed by atoms with Crippen molar-refractivity contribution in [3.05, 3.63) is 60.4 Å². The molecule has 0 spiro atoms. The number of benzene rings is 1. The first-order chi connectivity index (χ1) is 12.5. The lowest BCUT2D eigenvalue weighted by molar-refractivity contribution is 0.415. The highest BCUT2D eigenvalue weighted by Crippen LogP contribution is 2.27. The fourth-order valence-electron chi connectivity index (χ4n) is 2.41. The molecule has 0 bridgehead atoms. The third kappa shape index (κ3) is 3.68. The number of ether oxygens (including phenoxy) is 1. The summed E-state index contributed by atoms with van der Waals surface area (Å²) in [5.74, 6) is 0.316. The van der Waals surface area contributed by atoms with Crippen LogP contribution in [0.1, 0.15) is 5.56 Å². The van der Waals surface area contributed by atoms with Crippen LogP contribution in [-0.4, -0.2) is 25.5 Å². The molecule has 7 nitrogen and oxygen atoms in total. The Hall–Kier alpha value is -3.31. The standard InChI is InChI=1S/C18H16N4O3S/c1-25-17-9-13(7-8-19)11-21-18(17)22-26(23,24)15-10-16(20-12-15)14-5-3-2-4-6-14/h2-6,9-12,20H,7H2,1H3,(H,21,22). The molecule has 0 radical (unpaired) electrons. The van der Waals surface area contributed by atoms with Gasteiger partial charge in [-0.1, -0.05) is 30.3 Å². The van der Waals surface area contributed by atoms with Gasteiger partial charge in [0.05, 0.1) is 19.6 Å². The monoisotopic (exact) mass is 368 g/mol. The molecule has 2 heterocycles. The number of hydrogen-bond donors (Lipinski definition) is 2. The SMILES string of the molecule is COc1cc(CC#N)cnc1NS(=O)(=O)c1c[nH]c(-c2ccccc2)c1. The van der Waals surface area contributed by atoms with Crippen molar-refractivity contribution in [2.75, 3.05) is 11.8 Å². The maximum Gasteiger partial charge on any atom is 0.264 e. The van der Waals surface area contributed by atoms with Crippen LogP contribution in [0.2, 0.25) is 0 Å². The van der Waals surface area contributed by atoms with E-state index in [1.807, 2.05) is 36.4 Å². The van der Waals surface area contributed by atoms with E-state index in [4.69, 9.17) is 10.00 Å². The van der Waals surface area contributed by atoms with Crippen LogP contribution in [0.4, 0.5) is 5.82 Å². The zero-order valence-corrected chi connectivity index (χ0v) is 14.7. The summed E-state index contributed by atoms with van der Waals surface area (Å²) in [6.07, 6.45) is 3.02. The largest absolute Gasteiger partial charge is 0.493 e. The van der Waals surface area contributed by atoms with E-state index in [1.54, 1.807) is 12.1 Å². The topological polar surface area (TPSA) is 108 Å². The number of anilines is 1. The first kappa shape index (κ1) is 17.5. The van der Waals surface area contributed by atoms with Gasteiger partial charge in [0.2, 0.25) is 0 Å². The molecule has 0 unspecified atom stereocenters. The molecule has 0 amide bonds. The van der Waals surface area contributed by atoms with Crippen LogP contribution >= 0.6 is 0 Å². The lowest BCUT2D eigenvalue weighted by Crippen LogP contribution is -2.14. The van der Waals surface area contributed by atoms with Gasteiger partial charge in [0.1, 0.15) is 4.90 Å². The summed E-state index contributed by atoms with van der Waals surface area (Å²) in [7, 11) is -2.44. The summed E-state index contributed by atoms with van der Waals surface area (Å²) >= 11 is 0. The molecule has 0 aliphatic heterocycles. The van der Waals surface area contributed by atoms with Gasteiger partial charge in [-0.15, -0.1) is 0 Å². The van der Waals surface area contributed by atoms with Gasteiger partial charge >= 0.3 is 0 Å². The maximum atomic E-state index is 12.6. The van der Waals surface area contributed by atoms with Crippen LogP contribution in [0.5, 0.6) is 5.75 Å². The Kier molecular flexibility index (Phi) is 4.91. The summed E-state index contributed by atoms with van der Waals surface area (Å²) in [5, 5.41) is 8.75. The van der Waals surface area contributed by atoms with E-state index in [0.29, 0.717) is 11.3 Å². The molecule has 3 rings (SSSR count). The minimum atomic E-state index is -3.85. The average molecular weight is 368 g/mol. The van der Waals surface area contributed by atoms with Crippen LogP contribution in [0.15, 0.2) is 59.8 Å². The molecule has 0 aliphatic carbocycles. The zero-order valence-electron chi connectivity index (χ0n) is 13.9. The Labute approximate surface area is 151 Å². The molecule has 0 atom stereocenters. The second-order valence-corrected chi connectivity index (χ2v) is 7.13. The molecule has 8 heteroatoms. The van der Waals surface area contributed by atoms with Gasteiger partial charge in [-0.2, -0.15) is 5.26 Å². The lowest BCUT2D eigenvalue weighted by atomic mass is 10.2. The van der Waals surface area contributed by atoms with Crippen LogP contribution in [0, 0.1) is 11.3 Å². The molecule has 26 heavy (non-hydrogen) atoms. The van der Waals surface area contributed by atoms with Crippen molar-refractivity contribution in [3.63, 3.8) is 0 Å². The number of nitrogens with zero attached hydrogens (tertiary/aromatic N) is 2. The summed E-state index contributed by atoms with van der Waals surface area (Å²) in [6, 6.07) is 14.5. The van der Waals surface area contributed by atoms with Crippen molar-refractivity contribution >= 4 is 15.8 Å². The molecular formula is C18H16N4O3S. The minimum absolute atomic E-state index is 0.0663. The summed E-state index contributed by atoms with van der Waals surface area (Å²) in [6.45, 7) is 0. The maximum absolute atomic E-state index is 12.6. The first-order valence-corrected chi connectivity index (χ1v) is 9.18. The number of nitriles is 1. The van der Waals surface area contributed by atoms with Gasteiger partial charge in [-0.05, 0) is 23.3 Å². The van der Waals surface area contributed by atoms with Crippen LogP contribution in [0.3, 0.4) is 0 Å². The highest BCUT2D eigenvalue weighted by Gasteiger charge is 2.20. The smallest absolute Gasteiger partial charge is 0.264 e. The van der Waals surface area contributed by atoms with Crippen molar-refractivity contribution in [1.29, 1.82) is 5.26 Å². The average Bonchev–Trinajstić information content (AvgIpc) is 3.15. The van der Waals surface area contributed by atoms with E-state index >= 15 is 0 Å². The third-order valence-electron chi connectivity index (χ3n) is 3.70. The normalized spacial score (nSPS) is 10.9. The Morgan fingerprint density at radius 1 is 1.27 bits per heavy atom. The van der Waals surface area contributed by atoms with E-state index in [1.165, 1.54) is 19.5 Å². The van der Waals surface area contributed by atoms with Crippen molar-refractivity contribution in [3.8, 4) is 23.1 Å². The minimum Gasteiger partial charge on any atom is -0.493 e. The second-order valence-electron chi connectivity index (χ2n) is 5.45. The molecular weight excluding hydrogens is 352 g/mol. The van der Waals surface area contributed by atoms with Crippen molar-refractivity contribution < 1.29 is 13.2 Å². The van der Waals surface area contributed by atoms with Crippen LogP contribution in [-0.2, 0) is 16.4 Å². The number of aromatic nitrogens is 2. The fourth-order valence-corrected chi connectivity index (χ4v) is 3.42. The number of pyridine rings is 1. The van der Waals surface area contributed by atoms with E-state index in [2.05, 4.69) is 14.7 Å². The molecule has 0 fully saturated rings. The van der Waals surface area contributed by atoms with Gasteiger partial charge in [0.15, 0.2) is 11.6 Å². The van der Waals surface area contributed by atoms with Gasteiger partial charge < -0.3 is 9.72 Å². The molecule has 132 valence electrons. The number of H-pyrrole nitrogens is 1. The molecule has 2 aromatic heterocycles. The van der Waals surface area contributed by atoms with Gasteiger partial charge in [0, 0.05) is 18.1 Å². The number of methoxy groups -OCH3 is 1. The number of sulfonamides is 1. The molecule has 2 N–H and O–H groups in total. The van der Waals surface area contributed by atoms with E-state index < -0.39 is 10.0 Å². The zero-order chi connectivity index (χ0) is 18.6. The first-order valence-electron chi connectivity index (χ1n) is 7.70. The predicted octanol–water partition coefficient (Wildman–Crippen LogP) is 2.95. The molecule has 0 saturated heterocycles. The molecule has 0 aliphatic rings. The summed E-state index contributed by atoms with van der Waals surface area (Å²) < 4.78 is 32.9. The predicted molar refractivity (Wildman–Crippen MR) is 97.1 cm³/mol. The summed E-state index contributed by atoms with van der Waals surface area (Å²) in [5.41, 5.74) is 2.21. The number of nitrogens with one attached hydrogen (secondary N) is 2. The number of rotatable bonds is 6. The van der Waals surface area contributed by atoms with Crippen molar-refractivity contribution in [2.24, 2.45) is 0 Å². The van der Waals surface area contributed by atoms with Crippen LogP contribution < -0.4 is 9.46 Å². The second kappa shape index (κ2) is 7.29. The highest BCUT2D eigenvalue weighted by molar-refractivity contribution is 7.92. The highest BCUT2D eigenvalue weighted by atomic mass is 32.2. The van der Waals surface area contributed by atoms with Gasteiger partial charge in [-0.3, -0.25) is 4.72 Å². The molecule has 1 aromatic carbocycles. The Bertz CT molecular complexity index is 1050. The van der Waals surface area contributed by atoms with E-state index in [0.717, 1.165) is 5.56 Å². The van der Waals surface area contributed by atoms with Crippen molar-refractivity contribution in [2.45, 2.75) is 11.3 Å². The Balaban J connectivity index is 1.88. The molecule has 3 aromatic rings. The quantitative estimate of drug-likeness (QED) is 0.695. The summed E-state index contributed by atoms with van der Waals surface area (Å²) in [4.78, 5) is 7.11. The Morgan fingerprint density at radius 3 is 2.73 bits per heavy atom. The number of hydrogen-bond acceptors (Lipinski definition) is 5. The third-order valence-corrected chi connectivity index (χ3v) is 5.01. The van der Waals surface area contributed by atoms with Gasteiger partial charge in [-0.25, -0.2) is 13.4 Å². The Morgan fingerprint density at radius 2 is 2.04 bits per heavy atom. The van der Waals surface area contributed by atoms with Crippen LogP contribution in [0.25, 0.3) is 11.3 Å².